The van der Waals surface area contributed by atoms with E-state index in [1.165, 1.54) is 12.5 Å². The number of allylic oxidation sites excluding steroid dienone is 2. The molecule has 2 saturated heterocycles. The van der Waals surface area contributed by atoms with Crippen molar-refractivity contribution in [3.05, 3.63) is 11.6 Å². The Morgan fingerprint density at radius 3 is 2.13 bits per heavy atom. The van der Waals surface area contributed by atoms with E-state index in [1.54, 1.807) is 0 Å². The Labute approximate surface area is 327 Å². The molecular weight excluding hydrogens is 712 g/mol. The van der Waals surface area contributed by atoms with Gasteiger partial charge >= 0.3 is 0 Å². The van der Waals surface area contributed by atoms with E-state index in [9.17, 15) is 46.0 Å². The fraction of sp³-hybridized carbons (Fsp3) is 0.952. The highest BCUT2D eigenvalue weighted by Crippen LogP contribution is 2.76. The summed E-state index contributed by atoms with van der Waals surface area (Å²) < 4.78 is 25.1. The van der Waals surface area contributed by atoms with E-state index in [4.69, 9.17) is 18.9 Å². The van der Waals surface area contributed by atoms with Gasteiger partial charge in [-0.2, -0.15) is 0 Å². The van der Waals surface area contributed by atoms with Gasteiger partial charge in [0, 0.05) is 0 Å². The van der Waals surface area contributed by atoms with Crippen LogP contribution in [0, 0.1) is 45.3 Å². The van der Waals surface area contributed by atoms with Gasteiger partial charge < -0.3 is 64.9 Å². The van der Waals surface area contributed by atoms with E-state index in [0.29, 0.717) is 32.1 Å². The van der Waals surface area contributed by atoms with Gasteiger partial charge in [-0.3, -0.25) is 0 Å². The van der Waals surface area contributed by atoms with Crippen molar-refractivity contribution < 1.29 is 64.9 Å². The highest BCUT2D eigenvalue weighted by molar-refractivity contribution is 5.22. The van der Waals surface area contributed by atoms with Crippen molar-refractivity contribution in [3.8, 4) is 0 Å². The lowest BCUT2D eigenvalue weighted by Crippen LogP contribution is -2.71. The predicted octanol–water partition coefficient (Wildman–Crippen LogP) is 2.15. The van der Waals surface area contributed by atoms with E-state index in [0.717, 1.165) is 19.3 Å². The van der Waals surface area contributed by atoms with Crippen LogP contribution in [-0.4, -0.2) is 138 Å². The van der Waals surface area contributed by atoms with Crippen molar-refractivity contribution in [1.82, 2.24) is 0 Å². The fourth-order valence-electron chi connectivity index (χ4n) is 13.3. The molecule has 0 spiro atoms. The first-order valence-corrected chi connectivity index (χ1v) is 20.8. The zero-order chi connectivity index (χ0) is 40.8. The summed E-state index contributed by atoms with van der Waals surface area (Å²) >= 11 is 0. The number of aliphatic hydroxyl groups is 9. The molecule has 6 rings (SSSR count). The second-order valence-electron chi connectivity index (χ2n) is 20.3. The maximum Gasteiger partial charge on any atom is 0.187 e. The molecule has 55 heavy (non-hydrogen) atoms. The molecule has 13 heteroatoms. The quantitative estimate of drug-likeness (QED) is 0.121. The molecular formula is C42H72O13. The summed E-state index contributed by atoms with van der Waals surface area (Å²) in [6, 6.07) is 0. The first kappa shape index (κ1) is 43.8. The van der Waals surface area contributed by atoms with Gasteiger partial charge in [0.2, 0.25) is 0 Å². The van der Waals surface area contributed by atoms with Crippen LogP contribution in [0.3, 0.4) is 0 Å². The van der Waals surface area contributed by atoms with Gasteiger partial charge in [0.25, 0.3) is 0 Å². The molecule has 9 N–H and O–H groups in total. The lowest BCUT2D eigenvalue weighted by Gasteiger charge is -2.72. The van der Waals surface area contributed by atoms with Gasteiger partial charge in [0.1, 0.15) is 42.7 Å². The summed E-state index contributed by atoms with van der Waals surface area (Å²) in [6.45, 7) is 17.8. The molecule has 0 aromatic carbocycles. The van der Waals surface area contributed by atoms with Gasteiger partial charge in [-0.05, 0) is 124 Å². The zero-order valence-electron chi connectivity index (χ0n) is 34.4. The second kappa shape index (κ2) is 15.4. The first-order chi connectivity index (χ1) is 25.5. The maximum absolute atomic E-state index is 12.3. The Hall–Kier alpha value is -0.780. The third-order valence-corrected chi connectivity index (χ3v) is 16.5. The van der Waals surface area contributed by atoms with Crippen LogP contribution in [0.4, 0.5) is 0 Å². The van der Waals surface area contributed by atoms with E-state index in [2.05, 4.69) is 40.7 Å². The number of aliphatic hydroxyl groups excluding tert-OH is 8. The van der Waals surface area contributed by atoms with Crippen molar-refractivity contribution in [2.45, 2.75) is 199 Å². The summed E-state index contributed by atoms with van der Waals surface area (Å²) in [7, 11) is 0. The number of ether oxygens (including phenoxy) is 4. The molecule has 6 aliphatic rings. The summed E-state index contributed by atoms with van der Waals surface area (Å²) in [4.78, 5) is 0. The van der Waals surface area contributed by atoms with Crippen molar-refractivity contribution in [2.24, 2.45) is 45.3 Å². The molecule has 6 fully saturated rings. The SMILES string of the molecule is CC(C)=CCC[C@@](C)(O)[C@@H]1CC[C@@]2(C)C1[C@@H](O)CC1[C@@]3(C)CCC(O)C(C)(C)C3[C@H](O[C@@H]3O[C@H](CO)[C@@H](O)[C@H](O)[C@H]3O[C@@H]3O[C@@H](C)[C@H](O)[C@@H](O)[C@H]3O)C[C@]12C. The third-order valence-electron chi connectivity index (χ3n) is 16.5. The highest BCUT2D eigenvalue weighted by Gasteiger charge is 2.73. The monoisotopic (exact) mass is 784 g/mol. The molecule has 4 unspecified atom stereocenters. The fourth-order valence-corrected chi connectivity index (χ4v) is 13.3. The molecule has 0 radical (unpaired) electrons. The average Bonchev–Trinajstić information content (AvgIpc) is 3.49. The van der Waals surface area contributed by atoms with Gasteiger partial charge in [-0.15, -0.1) is 0 Å². The standard InChI is InChI=1S/C42H72O13/c1-20(2)11-10-14-42(9,51)22-12-16-40(7)28(22)23(44)17-26-39(6)15-13-27(45)38(4,5)35(39)24(18-41(26,40)8)53-37-34(32(49)30(47)25(19-43)54-37)55-36-33(50)31(48)29(46)21(3)52-36/h11,21-37,43-51H,10,12-19H2,1-9H3/t21-,22+,23-,24+,25+,26?,27?,28?,29-,30+,31+,32-,33+,34+,35?,36-,37+,39+,40-,41+,42+/m0/s1. The Morgan fingerprint density at radius 1 is 0.818 bits per heavy atom. The summed E-state index contributed by atoms with van der Waals surface area (Å²) in [6.07, 6.45) is -8.99. The first-order valence-electron chi connectivity index (χ1n) is 20.8. The second-order valence-corrected chi connectivity index (χ2v) is 20.3. The van der Waals surface area contributed by atoms with Gasteiger partial charge in [-0.25, -0.2) is 0 Å². The largest absolute Gasteiger partial charge is 0.394 e. The number of rotatable bonds is 9. The van der Waals surface area contributed by atoms with Crippen LogP contribution in [0.15, 0.2) is 11.6 Å². The van der Waals surface area contributed by atoms with Gasteiger partial charge in [-0.1, -0.05) is 46.3 Å². The average molecular weight is 785 g/mol. The van der Waals surface area contributed by atoms with Gasteiger partial charge in [0.05, 0.1) is 36.6 Å². The molecule has 13 nitrogen and oxygen atoms in total. The normalized spacial score (nSPS) is 53.4. The minimum Gasteiger partial charge on any atom is -0.394 e. The Morgan fingerprint density at radius 2 is 1.49 bits per heavy atom. The molecule has 2 aliphatic heterocycles. The smallest absolute Gasteiger partial charge is 0.187 e. The molecule has 0 bridgehead atoms. The van der Waals surface area contributed by atoms with Crippen molar-refractivity contribution in [1.29, 1.82) is 0 Å². The van der Waals surface area contributed by atoms with E-state index in [1.807, 2.05) is 20.8 Å². The van der Waals surface area contributed by atoms with Crippen LogP contribution in [0.1, 0.15) is 114 Å². The number of hydrogen-bond donors (Lipinski definition) is 9. The highest BCUT2D eigenvalue weighted by atomic mass is 16.8. The maximum atomic E-state index is 12.3. The van der Waals surface area contributed by atoms with Gasteiger partial charge in [0.15, 0.2) is 12.6 Å². The number of fused-ring (bicyclic) bond motifs is 5. The summed E-state index contributed by atoms with van der Waals surface area (Å²) in [5, 5.41) is 100. The van der Waals surface area contributed by atoms with E-state index in [-0.39, 0.29) is 23.7 Å². The van der Waals surface area contributed by atoms with Crippen LogP contribution in [-0.2, 0) is 18.9 Å². The lowest BCUT2D eigenvalue weighted by atomic mass is 9.34. The van der Waals surface area contributed by atoms with Crippen molar-refractivity contribution in [3.63, 3.8) is 0 Å². The molecule has 4 saturated carbocycles. The summed E-state index contributed by atoms with van der Waals surface area (Å²) in [5.41, 5.74) is -1.71. The van der Waals surface area contributed by atoms with Crippen LogP contribution in [0.5, 0.6) is 0 Å². The Bertz CT molecular complexity index is 1390. The minimum atomic E-state index is -1.70. The Kier molecular flexibility index (Phi) is 12.2. The molecule has 0 aromatic rings. The molecule has 0 amide bonds. The number of hydrogen-bond acceptors (Lipinski definition) is 13. The molecule has 21 atom stereocenters. The molecule has 4 aliphatic carbocycles. The molecule has 0 aromatic heterocycles. The van der Waals surface area contributed by atoms with Crippen LogP contribution in [0.2, 0.25) is 0 Å². The third kappa shape index (κ3) is 7.10. The van der Waals surface area contributed by atoms with Crippen LogP contribution >= 0.6 is 0 Å². The van der Waals surface area contributed by atoms with E-state index < -0.39 is 114 Å². The van der Waals surface area contributed by atoms with E-state index >= 15 is 0 Å². The van der Waals surface area contributed by atoms with Crippen LogP contribution in [0.25, 0.3) is 0 Å². The van der Waals surface area contributed by atoms with Crippen LogP contribution < -0.4 is 0 Å². The summed E-state index contributed by atoms with van der Waals surface area (Å²) in [5.74, 6) is -0.526. The lowest BCUT2D eigenvalue weighted by molar-refractivity contribution is -0.382. The minimum absolute atomic E-state index is 0.0411. The van der Waals surface area contributed by atoms with Crippen molar-refractivity contribution in [2.75, 3.05) is 6.61 Å². The molecule has 318 valence electrons. The molecule has 2 heterocycles. The topological polar surface area (TPSA) is 219 Å². The zero-order valence-corrected chi connectivity index (χ0v) is 34.4. The Balaban J connectivity index is 1.38. The predicted molar refractivity (Wildman–Crippen MR) is 201 cm³/mol. The van der Waals surface area contributed by atoms with Crippen molar-refractivity contribution >= 4 is 0 Å².